The fourth-order valence-electron chi connectivity index (χ4n) is 1.32. The lowest BCUT2D eigenvalue weighted by Crippen LogP contribution is -2.06. The molecule has 0 fully saturated rings. The van der Waals surface area contributed by atoms with Crippen molar-refractivity contribution in [1.82, 2.24) is 0 Å². The SMILES string of the molecule is CCc1cc(C#N)c(S)cc1C(=O)OC. The van der Waals surface area contributed by atoms with Gasteiger partial charge in [-0.05, 0) is 24.1 Å². The van der Waals surface area contributed by atoms with E-state index < -0.39 is 5.97 Å². The number of rotatable bonds is 2. The molecule has 0 aromatic heterocycles. The molecule has 1 aromatic rings. The maximum atomic E-state index is 11.4. The fourth-order valence-corrected chi connectivity index (χ4v) is 1.56. The van der Waals surface area contributed by atoms with E-state index in [0.717, 1.165) is 5.56 Å². The molecule has 0 atom stereocenters. The highest BCUT2D eigenvalue weighted by atomic mass is 32.1. The summed E-state index contributed by atoms with van der Waals surface area (Å²) >= 11 is 4.14. The molecule has 0 saturated carbocycles. The van der Waals surface area contributed by atoms with Crippen molar-refractivity contribution in [3.63, 3.8) is 0 Å². The van der Waals surface area contributed by atoms with Gasteiger partial charge in [-0.1, -0.05) is 6.92 Å². The lowest BCUT2D eigenvalue weighted by atomic mass is 10.0. The van der Waals surface area contributed by atoms with Gasteiger partial charge in [-0.15, -0.1) is 12.6 Å². The van der Waals surface area contributed by atoms with Crippen LogP contribution in [0.15, 0.2) is 17.0 Å². The van der Waals surface area contributed by atoms with Gasteiger partial charge in [0.2, 0.25) is 0 Å². The summed E-state index contributed by atoms with van der Waals surface area (Å²) in [6, 6.07) is 5.28. The molecule has 0 aliphatic heterocycles. The highest BCUT2D eigenvalue weighted by Crippen LogP contribution is 2.20. The number of esters is 1. The quantitative estimate of drug-likeness (QED) is 0.615. The van der Waals surface area contributed by atoms with Crippen molar-refractivity contribution in [3.8, 4) is 6.07 Å². The third-order valence-electron chi connectivity index (χ3n) is 2.13. The van der Waals surface area contributed by atoms with Gasteiger partial charge in [0, 0.05) is 4.90 Å². The zero-order valence-electron chi connectivity index (χ0n) is 8.57. The number of thiol groups is 1. The first-order chi connectivity index (χ1) is 7.13. The van der Waals surface area contributed by atoms with E-state index >= 15 is 0 Å². The Kier molecular flexibility index (Phi) is 3.75. The summed E-state index contributed by atoms with van der Waals surface area (Å²) in [5.41, 5.74) is 1.75. The number of aryl methyl sites for hydroxylation is 1. The Balaban J connectivity index is 3.35. The fraction of sp³-hybridized carbons (Fsp3) is 0.273. The average Bonchev–Trinajstić information content (AvgIpc) is 2.27. The lowest BCUT2D eigenvalue weighted by molar-refractivity contribution is 0.0599. The molecule has 0 radical (unpaired) electrons. The van der Waals surface area contributed by atoms with Crippen molar-refractivity contribution in [2.75, 3.05) is 7.11 Å². The van der Waals surface area contributed by atoms with Crippen LogP contribution < -0.4 is 0 Å². The first kappa shape index (κ1) is 11.6. The van der Waals surface area contributed by atoms with Crippen LogP contribution in [0.4, 0.5) is 0 Å². The maximum Gasteiger partial charge on any atom is 0.338 e. The molecule has 4 heteroatoms. The monoisotopic (exact) mass is 221 g/mol. The molecule has 1 rings (SSSR count). The Morgan fingerprint density at radius 3 is 2.73 bits per heavy atom. The largest absolute Gasteiger partial charge is 0.465 e. The van der Waals surface area contributed by atoms with E-state index in [2.05, 4.69) is 17.4 Å². The molecular formula is C11H11NO2S. The average molecular weight is 221 g/mol. The third-order valence-corrected chi connectivity index (χ3v) is 2.50. The molecule has 15 heavy (non-hydrogen) atoms. The zero-order valence-corrected chi connectivity index (χ0v) is 9.47. The summed E-state index contributed by atoms with van der Waals surface area (Å²) in [4.78, 5) is 11.9. The van der Waals surface area contributed by atoms with Crippen molar-refractivity contribution in [3.05, 3.63) is 28.8 Å². The maximum absolute atomic E-state index is 11.4. The van der Waals surface area contributed by atoms with Crippen LogP contribution in [0.3, 0.4) is 0 Å². The minimum absolute atomic E-state index is 0.397. The topological polar surface area (TPSA) is 50.1 Å². The van der Waals surface area contributed by atoms with Crippen LogP contribution >= 0.6 is 12.6 Å². The Morgan fingerprint density at radius 2 is 2.27 bits per heavy atom. The number of carbonyl (C=O) groups is 1. The van der Waals surface area contributed by atoms with Crippen LogP contribution in [0.25, 0.3) is 0 Å². The second kappa shape index (κ2) is 4.85. The molecule has 3 nitrogen and oxygen atoms in total. The van der Waals surface area contributed by atoms with Gasteiger partial charge in [-0.3, -0.25) is 0 Å². The number of benzene rings is 1. The second-order valence-corrected chi connectivity index (χ2v) is 3.47. The smallest absolute Gasteiger partial charge is 0.338 e. The second-order valence-electron chi connectivity index (χ2n) is 2.98. The third kappa shape index (κ3) is 2.31. The number of hydrogen-bond donors (Lipinski definition) is 1. The summed E-state index contributed by atoms with van der Waals surface area (Å²) in [6.07, 6.45) is 0.674. The van der Waals surface area contributed by atoms with Gasteiger partial charge < -0.3 is 4.74 Å². The molecule has 0 saturated heterocycles. The first-order valence-corrected chi connectivity index (χ1v) is 4.93. The Labute approximate surface area is 94.1 Å². The molecule has 0 aliphatic carbocycles. The number of carbonyl (C=O) groups excluding carboxylic acids is 1. The number of nitriles is 1. The first-order valence-electron chi connectivity index (χ1n) is 4.48. The van der Waals surface area contributed by atoms with Crippen molar-refractivity contribution < 1.29 is 9.53 Å². The van der Waals surface area contributed by atoms with Crippen LogP contribution in [0, 0.1) is 11.3 Å². The highest BCUT2D eigenvalue weighted by Gasteiger charge is 2.13. The van der Waals surface area contributed by atoms with E-state index in [9.17, 15) is 4.79 Å². The summed E-state index contributed by atoms with van der Waals surface area (Å²) in [7, 11) is 1.33. The summed E-state index contributed by atoms with van der Waals surface area (Å²) in [5, 5.41) is 8.81. The van der Waals surface area contributed by atoms with Crippen molar-refractivity contribution in [2.24, 2.45) is 0 Å². The number of nitrogens with zero attached hydrogens (tertiary/aromatic N) is 1. The highest BCUT2D eigenvalue weighted by molar-refractivity contribution is 7.80. The molecule has 0 aliphatic rings. The number of ether oxygens (including phenoxy) is 1. The normalized spacial score (nSPS) is 9.47. The molecule has 1 aromatic carbocycles. The van der Waals surface area contributed by atoms with Crippen molar-refractivity contribution >= 4 is 18.6 Å². The van der Waals surface area contributed by atoms with Gasteiger partial charge in [0.25, 0.3) is 0 Å². The molecule has 0 spiro atoms. The van der Waals surface area contributed by atoms with Gasteiger partial charge >= 0.3 is 5.97 Å². The number of methoxy groups -OCH3 is 1. The predicted octanol–water partition coefficient (Wildman–Crippen LogP) is 2.20. The zero-order chi connectivity index (χ0) is 11.4. The summed E-state index contributed by atoms with van der Waals surface area (Å²) < 4.78 is 4.65. The van der Waals surface area contributed by atoms with E-state index in [0.29, 0.717) is 22.4 Å². The van der Waals surface area contributed by atoms with Crippen LogP contribution in [0.1, 0.15) is 28.4 Å². The molecule has 0 N–H and O–H groups in total. The molecule has 0 unspecified atom stereocenters. The van der Waals surface area contributed by atoms with Gasteiger partial charge in [-0.2, -0.15) is 5.26 Å². The van der Waals surface area contributed by atoms with E-state index in [1.807, 2.05) is 13.0 Å². The van der Waals surface area contributed by atoms with Gasteiger partial charge in [0.05, 0.1) is 18.2 Å². The van der Waals surface area contributed by atoms with Crippen LogP contribution in [-0.2, 0) is 11.2 Å². The van der Waals surface area contributed by atoms with Crippen LogP contribution in [-0.4, -0.2) is 13.1 Å². The van der Waals surface area contributed by atoms with E-state index in [4.69, 9.17) is 5.26 Å². The van der Waals surface area contributed by atoms with Crippen LogP contribution in [0.5, 0.6) is 0 Å². The van der Waals surface area contributed by atoms with Crippen molar-refractivity contribution in [2.45, 2.75) is 18.2 Å². The number of hydrogen-bond acceptors (Lipinski definition) is 4. The lowest BCUT2D eigenvalue weighted by Gasteiger charge is -2.07. The molecule has 0 bridgehead atoms. The minimum Gasteiger partial charge on any atom is -0.465 e. The Hall–Kier alpha value is -1.47. The van der Waals surface area contributed by atoms with Gasteiger partial charge in [0.1, 0.15) is 6.07 Å². The summed E-state index contributed by atoms with van der Waals surface area (Å²) in [5.74, 6) is -0.397. The summed E-state index contributed by atoms with van der Waals surface area (Å²) in [6.45, 7) is 1.92. The minimum atomic E-state index is -0.397. The van der Waals surface area contributed by atoms with E-state index in [-0.39, 0.29) is 0 Å². The molecule has 0 heterocycles. The Morgan fingerprint density at radius 1 is 1.60 bits per heavy atom. The van der Waals surface area contributed by atoms with Crippen LogP contribution in [0.2, 0.25) is 0 Å². The predicted molar refractivity (Wildman–Crippen MR) is 59.1 cm³/mol. The molecular weight excluding hydrogens is 210 g/mol. The molecule has 78 valence electrons. The standard InChI is InChI=1S/C11H11NO2S/c1-3-7-4-8(6-12)10(15)5-9(7)11(13)14-2/h4-5,15H,3H2,1-2H3. The molecule has 0 amide bonds. The van der Waals surface area contributed by atoms with E-state index in [1.165, 1.54) is 7.11 Å². The van der Waals surface area contributed by atoms with E-state index in [1.54, 1.807) is 12.1 Å². The Bertz CT molecular complexity index is 435. The van der Waals surface area contributed by atoms with Crippen molar-refractivity contribution in [1.29, 1.82) is 5.26 Å². The van der Waals surface area contributed by atoms with Gasteiger partial charge in [0.15, 0.2) is 0 Å². The van der Waals surface area contributed by atoms with Gasteiger partial charge in [-0.25, -0.2) is 4.79 Å².